The van der Waals surface area contributed by atoms with Crippen LogP contribution in [-0.2, 0) is 4.79 Å². The molecule has 0 radical (unpaired) electrons. The first kappa shape index (κ1) is 17.8. The highest BCUT2D eigenvalue weighted by molar-refractivity contribution is 5.85. The number of nitrogens with zero attached hydrogens (tertiary/aromatic N) is 1. The van der Waals surface area contributed by atoms with E-state index in [0.29, 0.717) is 23.8 Å². The van der Waals surface area contributed by atoms with Gasteiger partial charge in [0.05, 0.1) is 0 Å². The molecule has 2 rings (SSSR count). The SMILES string of the molecule is CC(C)(C)C1CCN(C(=O)[C@@H]2CCC[C@@H]2CN)CC1.Cl. The van der Waals surface area contributed by atoms with Crippen molar-refractivity contribution in [2.24, 2.45) is 28.9 Å². The molecule has 1 aliphatic heterocycles. The van der Waals surface area contributed by atoms with E-state index in [0.717, 1.165) is 44.7 Å². The van der Waals surface area contributed by atoms with E-state index in [1.807, 2.05) is 0 Å². The monoisotopic (exact) mass is 302 g/mol. The minimum atomic E-state index is 0. The highest BCUT2D eigenvalue weighted by Crippen LogP contribution is 2.37. The Morgan fingerprint density at radius 2 is 1.75 bits per heavy atom. The van der Waals surface area contributed by atoms with E-state index in [1.54, 1.807) is 0 Å². The van der Waals surface area contributed by atoms with Crippen molar-refractivity contribution >= 4 is 18.3 Å². The topological polar surface area (TPSA) is 46.3 Å². The molecule has 1 amide bonds. The smallest absolute Gasteiger partial charge is 0.226 e. The fourth-order valence-electron chi connectivity index (χ4n) is 3.84. The van der Waals surface area contributed by atoms with Crippen molar-refractivity contribution in [3.05, 3.63) is 0 Å². The summed E-state index contributed by atoms with van der Waals surface area (Å²) in [6.45, 7) is 9.53. The maximum Gasteiger partial charge on any atom is 0.226 e. The molecular formula is C16H31ClN2O. The summed E-state index contributed by atoms with van der Waals surface area (Å²) >= 11 is 0. The van der Waals surface area contributed by atoms with Crippen molar-refractivity contribution in [3.63, 3.8) is 0 Å². The van der Waals surface area contributed by atoms with Crippen molar-refractivity contribution in [2.45, 2.75) is 52.9 Å². The molecule has 1 saturated heterocycles. The van der Waals surface area contributed by atoms with Gasteiger partial charge in [-0.15, -0.1) is 12.4 Å². The van der Waals surface area contributed by atoms with Crippen LogP contribution in [-0.4, -0.2) is 30.4 Å². The molecule has 3 nitrogen and oxygen atoms in total. The fraction of sp³-hybridized carbons (Fsp3) is 0.938. The van der Waals surface area contributed by atoms with Crippen molar-refractivity contribution in [2.75, 3.05) is 19.6 Å². The first-order chi connectivity index (χ1) is 8.93. The summed E-state index contributed by atoms with van der Waals surface area (Å²) in [6, 6.07) is 0. The average Bonchev–Trinajstić information content (AvgIpc) is 2.85. The third kappa shape index (κ3) is 3.88. The van der Waals surface area contributed by atoms with Gasteiger partial charge in [-0.2, -0.15) is 0 Å². The van der Waals surface area contributed by atoms with Crippen LogP contribution in [0.25, 0.3) is 0 Å². The molecule has 20 heavy (non-hydrogen) atoms. The quantitative estimate of drug-likeness (QED) is 0.852. The number of amides is 1. The third-order valence-corrected chi connectivity index (χ3v) is 5.31. The fourth-order valence-corrected chi connectivity index (χ4v) is 3.84. The Bertz CT molecular complexity index is 319. The number of nitrogens with two attached hydrogens (primary N) is 1. The van der Waals surface area contributed by atoms with Gasteiger partial charge in [-0.05, 0) is 49.5 Å². The lowest BCUT2D eigenvalue weighted by Gasteiger charge is -2.40. The molecule has 1 aliphatic carbocycles. The number of piperidine rings is 1. The predicted octanol–water partition coefficient (Wildman–Crippen LogP) is 3.07. The van der Waals surface area contributed by atoms with Crippen molar-refractivity contribution < 1.29 is 4.79 Å². The van der Waals surface area contributed by atoms with Gasteiger partial charge in [0.2, 0.25) is 5.91 Å². The van der Waals surface area contributed by atoms with Gasteiger partial charge in [-0.1, -0.05) is 27.2 Å². The average molecular weight is 303 g/mol. The predicted molar refractivity (Wildman–Crippen MR) is 85.9 cm³/mol. The van der Waals surface area contributed by atoms with E-state index in [2.05, 4.69) is 25.7 Å². The van der Waals surface area contributed by atoms with Crippen LogP contribution in [0.2, 0.25) is 0 Å². The third-order valence-electron chi connectivity index (χ3n) is 5.31. The summed E-state index contributed by atoms with van der Waals surface area (Å²) in [5.74, 6) is 1.80. The highest BCUT2D eigenvalue weighted by atomic mass is 35.5. The van der Waals surface area contributed by atoms with E-state index in [4.69, 9.17) is 5.73 Å². The zero-order chi connectivity index (χ0) is 14.0. The molecule has 0 unspecified atom stereocenters. The van der Waals surface area contributed by atoms with Crippen LogP contribution < -0.4 is 5.73 Å². The van der Waals surface area contributed by atoms with E-state index in [-0.39, 0.29) is 18.3 Å². The molecule has 0 spiro atoms. The Morgan fingerprint density at radius 1 is 1.15 bits per heavy atom. The van der Waals surface area contributed by atoms with Gasteiger partial charge >= 0.3 is 0 Å². The number of hydrogen-bond acceptors (Lipinski definition) is 2. The van der Waals surface area contributed by atoms with Crippen LogP contribution >= 0.6 is 12.4 Å². The minimum Gasteiger partial charge on any atom is -0.342 e. The first-order valence-electron chi connectivity index (χ1n) is 7.92. The summed E-state index contributed by atoms with van der Waals surface area (Å²) in [7, 11) is 0. The van der Waals surface area contributed by atoms with E-state index in [1.165, 1.54) is 6.42 Å². The molecule has 0 bridgehead atoms. The van der Waals surface area contributed by atoms with Crippen molar-refractivity contribution in [3.8, 4) is 0 Å². The van der Waals surface area contributed by atoms with Crippen LogP contribution in [0.5, 0.6) is 0 Å². The Hall–Kier alpha value is -0.280. The van der Waals surface area contributed by atoms with Crippen LogP contribution in [0.1, 0.15) is 52.9 Å². The summed E-state index contributed by atoms with van der Waals surface area (Å²) in [5, 5.41) is 0. The summed E-state index contributed by atoms with van der Waals surface area (Å²) < 4.78 is 0. The van der Waals surface area contributed by atoms with Crippen LogP contribution in [0.4, 0.5) is 0 Å². The molecule has 1 saturated carbocycles. The molecule has 0 aromatic heterocycles. The van der Waals surface area contributed by atoms with E-state index < -0.39 is 0 Å². The largest absolute Gasteiger partial charge is 0.342 e. The van der Waals surface area contributed by atoms with Gasteiger partial charge in [0.15, 0.2) is 0 Å². The Balaban J connectivity index is 0.00000200. The Kier molecular flexibility index (Phi) is 6.33. The molecule has 118 valence electrons. The van der Waals surface area contributed by atoms with Gasteiger partial charge in [-0.3, -0.25) is 4.79 Å². The number of halogens is 1. The standard InChI is InChI=1S/C16H30N2O.ClH/c1-16(2,3)13-7-9-18(10-8-13)15(19)14-6-4-5-12(14)11-17;/h12-14H,4-11,17H2,1-3H3;1H/t12-,14-;/m1./s1. The minimum absolute atomic E-state index is 0. The van der Waals surface area contributed by atoms with Gasteiger partial charge in [0, 0.05) is 19.0 Å². The molecule has 0 aromatic rings. The lowest BCUT2D eigenvalue weighted by molar-refractivity contribution is -0.138. The van der Waals surface area contributed by atoms with Crippen LogP contribution in [0.3, 0.4) is 0 Å². The lowest BCUT2D eigenvalue weighted by Crippen LogP contribution is -2.45. The van der Waals surface area contributed by atoms with Crippen molar-refractivity contribution in [1.82, 2.24) is 4.90 Å². The molecule has 1 heterocycles. The normalized spacial score (nSPS) is 28.3. The zero-order valence-electron chi connectivity index (χ0n) is 13.2. The molecule has 4 heteroatoms. The second-order valence-corrected chi connectivity index (χ2v) is 7.50. The number of carbonyl (C=O) groups is 1. The molecular weight excluding hydrogens is 272 g/mol. The van der Waals surface area contributed by atoms with Crippen LogP contribution in [0.15, 0.2) is 0 Å². The van der Waals surface area contributed by atoms with Gasteiger partial charge in [-0.25, -0.2) is 0 Å². The summed E-state index contributed by atoms with van der Waals surface area (Å²) in [4.78, 5) is 14.7. The summed E-state index contributed by atoms with van der Waals surface area (Å²) in [5.41, 5.74) is 6.18. The van der Waals surface area contributed by atoms with Crippen LogP contribution in [0, 0.1) is 23.2 Å². The molecule has 2 N–H and O–H groups in total. The molecule has 0 aromatic carbocycles. The van der Waals surface area contributed by atoms with Gasteiger partial charge < -0.3 is 10.6 Å². The van der Waals surface area contributed by atoms with Gasteiger partial charge in [0.1, 0.15) is 0 Å². The maximum absolute atomic E-state index is 12.6. The zero-order valence-corrected chi connectivity index (χ0v) is 14.0. The van der Waals surface area contributed by atoms with E-state index >= 15 is 0 Å². The number of carbonyl (C=O) groups excluding carboxylic acids is 1. The Morgan fingerprint density at radius 3 is 2.25 bits per heavy atom. The van der Waals surface area contributed by atoms with Crippen molar-refractivity contribution in [1.29, 1.82) is 0 Å². The number of rotatable bonds is 2. The lowest BCUT2D eigenvalue weighted by atomic mass is 9.75. The second-order valence-electron chi connectivity index (χ2n) is 7.50. The number of hydrogen-bond donors (Lipinski definition) is 1. The molecule has 2 fully saturated rings. The van der Waals surface area contributed by atoms with Gasteiger partial charge in [0.25, 0.3) is 0 Å². The maximum atomic E-state index is 12.6. The second kappa shape index (κ2) is 7.13. The number of likely N-dealkylation sites (tertiary alicyclic amines) is 1. The highest BCUT2D eigenvalue weighted by Gasteiger charge is 2.37. The summed E-state index contributed by atoms with van der Waals surface area (Å²) in [6.07, 6.45) is 5.70. The Labute approximate surface area is 130 Å². The first-order valence-corrected chi connectivity index (χ1v) is 7.92. The molecule has 2 aliphatic rings. The van der Waals surface area contributed by atoms with E-state index in [9.17, 15) is 4.79 Å². The molecule has 2 atom stereocenters.